The summed E-state index contributed by atoms with van der Waals surface area (Å²) in [5, 5.41) is 10.8. The van der Waals surface area contributed by atoms with Crippen LogP contribution in [0.1, 0.15) is 25.3 Å². The highest BCUT2D eigenvalue weighted by atomic mass is 127. The lowest BCUT2D eigenvalue weighted by Crippen LogP contribution is -2.15. The first-order chi connectivity index (χ1) is 8.29. The molecule has 1 unspecified atom stereocenters. The number of hydrogen-bond acceptors (Lipinski definition) is 2. The second-order valence-electron chi connectivity index (χ2n) is 4.55. The molecule has 1 aromatic rings. The lowest BCUT2D eigenvalue weighted by Gasteiger charge is -2.15. The molecule has 2 rings (SSSR count). The van der Waals surface area contributed by atoms with Gasteiger partial charge in [0.2, 0.25) is 0 Å². The topological polar surface area (TPSA) is 28.0 Å². The first kappa shape index (κ1) is 12.8. The molecule has 1 aliphatic rings. The summed E-state index contributed by atoms with van der Waals surface area (Å²) in [4.78, 5) is 0. The van der Waals surface area contributed by atoms with Crippen molar-refractivity contribution in [1.29, 1.82) is 0 Å². The van der Waals surface area contributed by atoms with E-state index in [0.717, 1.165) is 17.0 Å². The van der Waals surface area contributed by atoms with Gasteiger partial charge in [-0.3, -0.25) is 5.01 Å². The molecular formula is C13H18IN3. The second-order valence-corrected chi connectivity index (χ2v) is 5.23. The van der Waals surface area contributed by atoms with Crippen molar-refractivity contribution in [3.63, 3.8) is 0 Å². The number of alkyl halides is 1. The highest BCUT2D eigenvalue weighted by Crippen LogP contribution is 2.34. The van der Waals surface area contributed by atoms with E-state index in [4.69, 9.17) is 0 Å². The van der Waals surface area contributed by atoms with Gasteiger partial charge in [-0.1, -0.05) is 58.1 Å². The van der Waals surface area contributed by atoms with Gasteiger partial charge < -0.3 is 0 Å². The molecule has 0 spiro atoms. The Kier molecular flexibility index (Phi) is 4.76. The molecule has 1 aromatic carbocycles. The van der Waals surface area contributed by atoms with E-state index in [0.29, 0.717) is 6.04 Å². The van der Waals surface area contributed by atoms with Gasteiger partial charge >= 0.3 is 0 Å². The minimum Gasteiger partial charge on any atom is -0.265 e. The van der Waals surface area contributed by atoms with Gasteiger partial charge in [0.05, 0.1) is 17.1 Å². The predicted octanol–water partition coefficient (Wildman–Crippen LogP) is 4.05. The number of nitrogens with zero attached hydrogens (tertiary/aromatic N) is 3. The molecule has 0 aromatic heterocycles. The fraction of sp³-hybridized carbons (Fsp3) is 0.538. The van der Waals surface area contributed by atoms with Crippen molar-refractivity contribution < 1.29 is 0 Å². The molecule has 4 heteroatoms. The third-order valence-corrected chi connectivity index (χ3v) is 3.80. The van der Waals surface area contributed by atoms with E-state index >= 15 is 0 Å². The zero-order valence-electron chi connectivity index (χ0n) is 10.1. The quantitative estimate of drug-likeness (QED) is 0.252. The molecule has 0 saturated heterocycles. The summed E-state index contributed by atoms with van der Waals surface area (Å²) < 4.78 is 0.869. The van der Waals surface area contributed by atoms with Gasteiger partial charge in [0.25, 0.3) is 0 Å². The molecule has 0 N–H and O–H groups in total. The third-order valence-electron chi connectivity index (χ3n) is 3.01. The van der Waals surface area contributed by atoms with E-state index in [1.807, 2.05) is 11.1 Å². The maximum Gasteiger partial charge on any atom is 0.0896 e. The first-order valence-corrected chi connectivity index (χ1v) is 7.57. The van der Waals surface area contributed by atoms with Crippen molar-refractivity contribution in [2.45, 2.75) is 32.4 Å². The molecular weight excluding hydrogens is 325 g/mol. The Morgan fingerprint density at radius 2 is 2.06 bits per heavy atom. The number of halogens is 1. The van der Waals surface area contributed by atoms with Crippen LogP contribution in [0.4, 0.5) is 0 Å². The van der Waals surface area contributed by atoms with Crippen LogP contribution < -0.4 is 0 Å². The summed E-state index contributed by atoms with van der Waals surface area (Å²) in [6.45, 7) is 3.00. The number of hydrogen-bond donors (Lipinski definition) is 0. The minimum absolute atomic E-state index is 0.385. The molecule has 0 aliphatic heterocycles. The van der Waals surface area contributed by atoms with Crippen molar-refractivity contribution in [1.82, 2.24) is 5.01 Å². The van der Waals surface area contributed by atoms with Crippen LogP contribution in [0, 0.1) is 5.92 Å². The van der Waals surface area contributed by atoms with Crippen molar-refractivity contribution in [3.8, 4) is 0 Å². The normalized spacial score (nSPS) is 17.3. The van der Waals surface area contributed by atoms with Gasteiger partial charge in [0.15, 0.2) is 0 Å². The van der Waals surface area contributed by atoms with Gasteiger partial charge in [-0.2, -0.15) is 5.11 Å². The highest BCUT2D eigenvalue weighted by Gasteiger charge is 2.27. The number of rotatable bonds is 6. The molecule has 1 saturated carbocycles. The monoisotopic (exact) mass is 343 g/mol. The minimum atomic E-state index is 0.385. The molecule has 17 heavy (non-hydrogen) atoms. The molecule has 1 atom stereocenters. The summed E-state index contributed by atoms with van der Waals surface area (Å²) in [7, 11) is 0. The van der Waals surface area contributed by atoms with Gasteiger partial charge in [-0.15, -0.1) is 0 Å². The van der Waals surface area contributed by atoms with Crippen molar-refractivity contribution in [3.05, 3.63) is 35.9 Å². The summed E-state index contributed by atoms with van der Waals surface area (Å²) in [6, 6.07) is 10.8. The summed E-state index contributed by atoms with van der Waals surface area (Å²) in [6.07, 6.45) is 2.65. The highest BCUT2D eigenvalue weighted by molar-refractivity contribution is 14.1. The maximum atomic E-state index is 4.40. The Balaban J connectivity index is 1.87. The molecule has 0 amide bonds. The first-order valence-electron chi connectivity index (χ1n) is 6.05. The summed E-state index contributed by atoms with van der Waals surface area (Å²) in [5.74, 6) is 0.784. The predicted molar refractivity (Wildman–Crippen MR) is 77.9 cm³/mol. The average molecular weight is 343 g/mol. The van der Waals surface area contributed by atoms with Crippen LogP contribution in [0.5, 0.6) is 0 Å². The van der Waals surface area contributed by atoms with Gasteiger partial charge in [-0.25, -0.2) is 0 Å². The molecule has 0 radical (unpaired) electrons. The summed E-state index contributed by atoms with van der Waals surface area (Å²) in [5.41, 5.74) is 1.28. The van der Waals surface area contributed by atoms with Crippen molar-refractivity contribution in [2.75, 3.05) is 4.55 Å². The molecule has 1 fully saturated rings. The van der Waals surface area contributed by atoms with Gasteiger partial charge in [0.1, 0.15) is 0 Å². The zero-order valence-corrected chi connectivity index (χ0v) is 12.2. The Morgan fingerprint density at radius 3 is 2.65 bits per heavy atom. The van der Waals surface area contributed by atoms with E-state index in [9.17, 15) is 0 Å². The maximum absolute atomic E-state index is 4.40. The molecule has 3 nitrogen and oxygen atoms in total. The second kappa shape index (κ2) is 6.33. The zero-order chi connectivity index (χ0) is 12.1. The average Bonchev–Trinajstić information content (AvgIpc) is 3.19. The van der Waals surface area contributed by atoms with Crippen LogP contribution in [-0.4, -0.2) is 15.6 Å². The van der Waals surface area contributed by atoms with E-state index in [1.165, 1.54) is 18.4 Å². The van der Waals surface area contributed by atoms with Crippen LogP contribution >= 0.6 is 22.6 Å². The molecule has 0 bridgehead atoms. The van der Waals surface area contributed by atoms with E-state index in [2.05, 4.69) is 64.1 Å². The molecule has 1 aliphatic carbocycles. The third kappa shape index (κ3) is 4.26. The van der Waals surface area contributed by atoms with Crippen molar-refractivity contribution >= 4 is 22.6 Å². The lowest BCUT2D eigenvalue weighted by atomic mass is 10.2. The van der Waals surface area contributed by atoms with Gasteiger partial charge in [0, 0.05) is 0 Å². The van der Waals surface area contributed by atoms with Crippen LogP contribution in [0.15, 0.2) is 40.7 Å². The number of benzene rings is 1. The van der Waals surface area contributed by atoms with Crippen LogP contribution in [0.2, 0.25) is 0 Å². The summed E-state index contributed by atoms with van der Waals surface area (Å²) >= 11 is 2.33. The van der Waals surface area contributed by atoms with Crippen LogP contribution in [0.25, 0.3) is 0 Å². The Hall–Kier alpha value is -0.650. The van der Waals surface area contributed by atoms with E-state index in [1.54, 1.807) is 0 Å². The smallest absolute Gasteiger partial charge is 0.0896 e. The fourth-order valence-electron chi connectivity index (χ4n) is 1.72. The standard InChI is InChI=1S/C13H18IN3/c1-11(13-7-8-13)15-16-17(10-14)9-12-5-3-2-4-6-12/h2-6,11,13H,7-10H2,1H3/b16-15-. The Morgan fingerprint density at radius 1 is 1.35 bits per heavy atom. The lowest BCUT2D eigenvalue weighted by molar-refractivity contribution is 0.302. The Labute approximate surface area is 116 Å². The van der Waals surface area contributed by atoms with E-state index < -0.39 is 0 Å². The fourth-order valence-corrected chi connectivity index (χ4v) is 2.10. The van der Waals surface area contributed by atoms with Gasteiger partial charge in [-0.05, 0) is 31.2 Å². The van der Waals surface area contributed by atoms with Crippen LogP contribution in [-0.2, 0) is 6.54 Å². The van der Waals surface area contributed by atoms with E-state index in [-0.39, 0.29) is 0 Å². The Bertz CT molecular complexity index is 362. The largest absolute Gasteiger partial charge is 0.265 e. The SMILES string of the molecule is CC(/N=N\N(CI)Cc1ccccc1)C1CC1. The molecule has 0 heterocycles. The molecule has 92 valence electrons. The van der Waals surface area contributed by atoms with Crippen LogP contribution in [0.3, 0.4) is 0 Å². The van der Waals surface area contributed by atoms with Crippen molar-refractivity contribution in [2.24, 2.45) is 16.3 Å².